The number of amides is 2. The summed E-state index contributed by atoms with van der Waals surface area (Å²) in [5.41, 5.74) is 3.09. The van der Waals surface area contributed by atoms with Crippen molar-refractivity contribution < 1.29 is 9.59 Å². The topological polar surface area (TPSA) is 58.2 Å². The van der Waals surface area contributed by atoms with Crippen LogP contribution in [0.4, 0.5) is 5.69 Å². The molecule has 2 amide bonds. The molecule has 0 saturated carbocycles. The number of rotatable bonds is 6. The van der Waals surface area contributed by atoms with Gasteiger partial charge < -0.3 is 10.6 Å². The number of hydrogen-bond acceptors (Lipinski definition) is 3. The van der Waals surface area contributed by atoms with Crippen molar-refractivity contribution in [2.45, 2.75) is 39.0 Å². The van der Waals surface area contributed by atoms with Crippen molar-refractivity contribution in [1.82, 2.24) is 5.32 Å². The summed E-state index contributed by atoms with van der Waals surface area (Å²) < 4.78 is 0. The number of para-hydroxylation sites is 1. The molecule has 26 heavy (non-hydrogen) atoms. The van der Waals surface area contributed by atoms with Crippen LogP contribution in [0.15, 0.2) is 48.5 Å². The quantitative estimate of drug-likeness (QED) is 0.792. The molecule has 0 atom stereocenters. The van der Waals surface area contributed by atoms with Gasteiger partial charge in [0.1, 0.15) is 0 Å². The summed E-state index contributed by atoms with van der Waals surface area (Å²) in [6.07, 6.45) is 0. The summed E-state index contributed by atoms with van der Waals surface area (Å²) in [7, 11) is 0. The molecule has 2 aromatic carbocycles. The Morgan fingerprint density at radius 3 is 2.31 bits per heavy atom. The van der Waals surface area contributed by atoms with Gasteiger partial charge in [-0.3, -0.25) is 9.59 Å². The average Bonchev–Trinajstić information content (AvgIpc) is 2.55. The Morgan fingerprint density at radius 1 is 1.00 bits per heavy atom. The molecular weight excluding hydrogens is 344 g/mol. The van der Waals surface area contributed by atoms with Gasteiger partial charge in [-0.25, -0.2) is 0 Å². The molecule has 0 aliphatic heterocycles. The smallest absolute Gasteiger partial charge is 0.253 e. The fourth-order valence-electron chi connectivity index (χ4n) is 2.33. The summed E-state index contributed by atoms with van der Waals surface area (Å²) in [4.78, 5) is 24.7. The minimum atomic E-state index is -0.335. The van der Waals surface area contributed by atoms with Gasteiger partial charge in [-0.1, -0.05) is 42.0 Å². The van der Waals surface area contributed by atoms with Gasteiger partial charge in [-0.05, 0) is 45.4 Å². The van der Waals surface area contributed by atoms with E-state index in [1.54, 1.807) is 30.0 Å². The lowest BCUT2D eigenvalue weighted by atomic mass is 10.1. The van der Waals surface area contributed by atoms with E-state index in [-0.39, 0.29) is 17.4 Å². The third-order valence-electron chi connectivity index (χ3n) is 3.56. The van der Waals surface area contributed by atoms with E-state index in [4.69, 9.17) is 0 Å². The summed E-state index contributed by atoms with van der Waals surface area (Å²) in [5.74, 6) is 0.807. The lowest BCUT2D eigenvalue weighted by molar-refractivity contribution is -0.113. The van der Waals surface area contributed by atoms with Crippen molar-refractivity contribution in [2.24, 2.45) is 0 Å². The van der Waals surface area contributed by atoms with Crippen molar-refractivity contribution in [1.29, 1.82) is 0 Å². The Labute approximate surface area is 159 Å². The van der Waals surface area contributed by atoms with Crippen molar-refractivity contribution in [3.8, 4) is 0 Å². The van der Waals surface area contributed by atoms with Gasteiger partial charge in [0.2, 0.25) is 5.91 Å². The first-order valence-electron chi connectivity index (χ1n) is 8.59. The summed E-state index contributed by atoms with van der Waals surface area (Å²) in [6.45, 7) is 7.83. The van der Waals surface area contributed by atoms with E-state index < -0.39 is 0 Å². The van der Waals surface area contributed by atoms with E-state index in [2.05, 4.69) is 41.8 Å². The third-order valence-corrected chi connectivity index (χ3v) is 4.56. The molecule has 2 N–H and O–H groups in total. The van der Waals surface area contributed by atoms with Crippen LogP contribution in [0, 0.1) is 6.92 Å². The Kier molecular flexibility index (Phi) is 6.86. The number of benzene rings is 2. The van der Waals surface area contributed by atoms with Gasteiger partial charge in [0.15, 0.2) is 0 Å². The van der Waals surface area contributed by atoms with E-state index in [0.29, 0.717) is 17.0 Å². The van der Waals surface area contributed by atoms with Crippen molar-refractivity contribution in [3.63, 3.8) is 0 Å². The predicted octanol–water partition coefficient (Wildman–Crippen LogP) is 4.40. The van der Waals surface area contributed by atoms with E-state index in [1.807, 2.05) is 26.8 Å². The van der Waals surface area contributed by atoms with Gasteiger partial charge >= 0.3 is 0 Å². The summed E-state index contributed by atoms with van der Waals surface area (Å²) in [5, 5.41) is 5.77. The first-order valence-corrected chi connectivity index (χ1v) is 9.75. The van der Waals surface area contributed by atoms with Gasteiger partial charge in [-0.2, -0.15) is 0 Å². The van der Waals surface area contributed by atoms with E-state index in [9.17, 15) is 9.59 Å². The minimum Gasteiger partial charge on any atom is -0.347 e. The van der Waals surface area contributed by atoms with Crippen molar-refractivity contribution >= 4 is 29.3 Å². The standard InChI is InChI=1S/C21H26N2O2S/c1-15-9-11-16(12-10-15)13-26-14-19(24)22-18-8-6-5-7-17(18)20(25)23-21(2,3)4/h5-12H,13-14H2,1-4H3,(H,22,24)(H,23,25). The second kappa shape index (κ2) is 8.90. The maximum absolute atomic E-state index is 12.4. The molecule has 2 aromatic rings. The highest BCUT2D eigenvalue weighted by molar-refractivity contribution is 7.99. The van der Waals surface area contributed by atoms with Crippen LogP contribution in [0.1, 0.15) is 42.3 Å². The van der Waals surface area contributed by atoms with E-state index >= 15 is 0 Å². The largest absolute Gasteiger partial charge is 0.347 e. The first kappa shape index (κ1) is 20.0. The number of carbonyl (C=O) groups excluding carboxylic acids is 2. The maximum Gasteiger partial charge on any atom is 0.253 e. The number of carbonyl (C=O) groups is 2. The molecule has 0 radical (unpaired) electrons. The Morgan fingerprint density at radius 2 is 1.65 bits per heavy atom. The van der Waals surface area contributed by atoms with Crippen LogP contribution in [-0.4, -0.2) is 23.1 Å². The normalized spacial score (nSPS) is 11.1. The molecule has 0 spiro atoms. The van der Waals surface area contributed by atoms with Gasteiger partial charge in [0, 0.05) is 11.3 Å². The second-order valence-corrected chi connectivity index (χ2v) is 8.26. The molecular formula is C21H26N2O2S. The minimum absolute atomic E-state index is 0.113. The van der Waals surface area contributed by atoms with Crippen LogP contribution in [-0.2, 0) is 10.5 Å². The molecule has 0 unspecified atom stereocenters. The van der Waals surface area contributed by atoms with Crippen LogP contribution < -0.4 is 10.6 Å². The van der Waals surface area contributed by atoms with Crippen LogP contribution in [0.3, 0.4) is 0 Å². The highest BCUT2D eigenvalue weighted by atomic mass is 32.2. The monoisotopic (exact) mass is 370 g/mol. The third kappa shape index (κ3) is 6.56. The molecule has 0 saturated heterocycles. The zero-order valence-corrected chi connectivity index (χ0v) is 16.6. The van der Waals surface area contributed by atoms with Crippen LogP contribution in [0.2, 0.25) is 0 Å². The molecule has 4 nitrogen and oxygen atoms in total. The number of hydrogen-bond donors (Lipinski definition) is 2. The molecule has 0 aliphatic rings. The molecule has 0 aromatic heterocycles. The van der Waals surface area contributed by atoms with Gasteiger partial charge in [0.05, 0.1) is 17.0 Å². The number of anilines is 1. The molecule has 5 heteroatoms. The lowest BCUT2D eigenvalue weighted by Crippen LogP contribution is -2.40. The maximum atomic E-state index is 12.4. The zero-order valence-electron chi connectivity index (χ0n) is 15.8. The highest BCUT2D eigenvalue weighted by Gasteiger charge is 2.18. The Bertz CT molecular complexity index is 764. The van der Waals surface area contributed by atoms with Crippen LogP contribution in [0.25, 0.3) is 0 Å². The lowest BCUT2D eigenvalue weighted by Gasteiger charge is -2.21. The van der Waals surface area contributed by atoms with Gasteiger partial charge in [0.25, 0.3) is 5.91 Å². The van der Waals surface area contributed by atoms with E-state index in [1.165, 1.54) is 11.1 Å². The zero-order chi connectivity index (χ0) is 19.2. The SMILES string of the molecule is Cc1ccc(CSCC(=O)Nc2ccccc2C(=O)NC(C)(C)C)cc1. The molecule has 0 heterocycles. The molecule has 0 fully saturated rings. The highest BCUT2D eigenvalue weighted by Crippen LogP contribution is 2.18. The molecule has 138 valence electrons. The van der Waals surface area contributed by atoms with Crippen molar-refractivity contribution in [2.75, 3.05) is 11.1 Å². The molecule has 2 rings (SSSR count). The number of nitrogens with one attached hydrogen (secondary N) is 2. The average molecular weight is 371 g/mol. The summed E-state index contributed by atoms with van der Waals surface area (Å²) in [6, 6.07) is 15.4. The predicted molar refractivity (Wildman–Crippen MR) is 110 cm³/mol. The number of aryl methyl sites for hydroxylation is 1. The first-order chi connectivity index (χ1) is 12.2. The Hall–Kier alpha value is -2.27. The fraction of sp³-hybridized carbons (Fsp3) is 0.333. The summed E-state index contributed by atoms with van der Waals surface area (Å²) >= 11 is 1.55. The molecule has 0 aliphatic carbocycles. The van der Waals surface area contributed by atoms with Crippen LogP contribution in [0.5, 0.6) is 0 Å². The Balaban J connectivity index is 1.92. The van der Waals surface area contributed by atoms with Crippen molar-refractivity contribution in [3.05, 3.63) is 65.2 Å². The second-order valence-electron chi connectivity index (χ2n) is 7.28. The number of thioether (sulfide) groups is 1. The van der Waals surface area contributed by atoms with Gasteiger partial charge in [-0.15, -0.1) is 11.8 Å². The molecule has 0 bridgehead atoms. The van der Waals surface area contributed by atoms with Crippen LogP contribution >= 0.6 is 11.8 Å². The fourth-order valence-corrected chi connectivity index (χ4v) is 3.12. The van der Waals surface area contributed by atoms with E-state index in [0.717, 1.165) is 5.75 Å².